The maximum atomic E-state index is 10.4. The van der Waals surface area contributed by atoms with Gasteiger partial charge < -0.3 is 5.73 Å². The van der Waals surface area contributed by atoms with Gasteiger partial charge in [0.05, 0.1) is 6.04 Å². The lowest BCUT2D eigenvalue weighted by Crippen LogP contribution is -2.23. The zero-order valence-corrected chi connectivity index (χ0v) is 4.18. The topological polar surface area (TPSA) is 43.1 Å². The van der Waals surface area contributed by atoms with Crippen LogP contribution in [0.3, 0.4) is 0 Å². The molecule has 1 unspecified atom stereocenters. The molecule has 1 atom stereocenters. The first-order valence-corrected chi connectivity index (χ1v) is 2.59. The van der Waals surface area contributed by atoms with Crippen LogP contribution in [0.5, 0.6) is 0 Å². The summed E-state index contributed by atoms with van der Waals surface area (Å²) in [7, 11) is 0. The van der Waals surface area contributed by atoms with E-state index in [1.807, 2.05) is 0 Å². The number of carbonyl (C=O) groups is 1. The molecule has 2 heteroatoms. The van der Waals surface area contributed by atoms with Crippen LogP contribution in [0, 0.1) is 0 Å². The molecule has 1 aliphatic rings. The van der Waals surface area contributed by atoms with Gasteiger partial charge in [0.2, 0.25) is 0 Å². The van der Waals surface area contributed by atoms with E-state index < -0.39 is 0 Å². The average molecular weight is 99.1 g/mol. The molecule has 0 aromatic heterocycles. The summed E-state index contributed by atoms with van der Waals surface area (Å²) in [4.78, 5) is 10.4. The number of rotatable bonds is 0. The molecule has 1 fully saturated rings. The summed E-state index contributed by atoms with van der Waals surface area (Å²) in [6.45, 7) is 0. The van der Waals surface area contributed by atoms with Crippen molar-refractivity contribution in [1.29, 1.82) is 0 Å². The van der Waals surface area contributed by atoms with Gasteiger partial charge in [-0.25, -0.2) is 0 Å². The Morgan fingerprint density at radius 3 is 2.57 bits per heavy atom. The van der Waals surface area contributed by atoms with Crippen molar-refractivity contribution in [1.82, 2.24) is 0 Å². The Kier molecular flexibility index (Phi) is 1.11. The fourth-order valence-electron chi connectivity index (χ4n) is 0.843. The van der Waals surface area contributed by atoms with Crippen molar-refractivity contribution < 1.29 is 4.79 Å². The summed E-state index contributed by atoms with van der Waals surface area (Å²) < 4.78 is 0. The van der Waals surface area contributed by atoms with Gasteiger partial charge in [0, 0.05) is 6.42 Å². The Bertz CT molecular complexity index is 90.1. The summed E-state index contributed by atoms with van der Waals surface area (Å²) in [5, 5.41) is 0. The maximum absolute atomic E-state index is 10.4. The van der Waals surface area contributed by atoms with E-state index in [0.717, 1.165) is 12.8 Å². The van der Waals surface area contributed by atoms with E-state index in [2.05, 4.69) is 0 Å². The summed E-state index contributed by atoms with van der Waals surface area (Å²) in [6, 6.07) is -0.125. The number of ketones is 1. The predicted octanol–water partition coefficient (Wildman–Crippen LogP) is 0.0667. The van der Waals surface area contributed by atoms with Crippen molar-refractivity contribution in [2.75, 3.05) is 0 Å². The van der Waals surface area contributed by atoms with Crippen molar-refractivity contribution in [2.24, 2.45) is 5.73 Å². The minimum absolute atomic E-state index is 0.125. The molecule has 0 aromatic rings. The van der Waals surface area contributed by atoms with Crippen LogP contribution in [-0.4, -0.2) is 11.8 Å². The number of nitrogens with two attached hydrogens (primary N) is 1. The number of hydrogen-bond donors (Lipinski definition) is 1. The van der Waals surface area contributed by atoms with E-state index in [1.54, 1.807) is 0 Å². The van der Waals surface area contributed by atoms with Gasteiger partial charge in [-0.1, -0.05) is 0 Å². The molecule has 0 saturated heterocycles. The Labute approximate surface area is 42.7 Å². The smallest absolute Gasteiger partial charge is 0.149 e. The van der Waals surface area contributed by atoms with Gasteiger partial charge in [0.15, 0.2) is 0 Å². The minimum Gasteiger partial charge on any atom is -0.322 e. The molecule has 2 nitrogen and oxygen atoms in total. The van der Waals surface area contributed by atoms with Gasteiger partial charge in [0.1, 0.15) is 5.78 Å². The SMILES string of the molecule is NC1CCCC1=O. The minimum atomic E-state index is -0.125. The molecular formula is C5H9NO. The molecule has 0 aliphatic heterocycles. The van der Waals surface area contributed by atoms with Crippen LogP contribution < -0.4 is 5.73 Å². The Morgan fingerprint density at radius 2 is 2.43 bits per heavy atom. The highest BCUT2D eigenvalue weighted by atomic mass is 16.1. The molecule has 40 valence electrons. The van der Waals surface area contributed by atoms with Crippen LogP contribution in [0.1, 0.15) is 19.3 Å². The van der Waals surface area contributed by atoms with Gasteiger partial charge >= 0.3 is 0 Å². The zero-order chi connectivity index (χ0) is 5.28. The predicted molar refractivity (Wildman–Crippen MR) is 26.8 cm³/mol. The number of hydrogen-bond acceptors (Lipinski definition) is 2. The molecular weight excluding hydrogens is 90.1 g/mol. The van der Waals surface area contributed by atoms with E-state index in [9.17, 15) is 4.79 Å². The summed E-state index contributed by atoms with van der Waals surface area (Å²) >= 11 is 0. The molecule has 0 amide bonds. The first-order chi connectivity index (χ1) is 3.30. The van der Waals surface area contributed by atoms with Crippen molar-refractivity contribution >= 4 is 5.78 Å². The lowest BCUT2D eigenvalue weighted by Gasteiger charge is -1.92. The molecule has 0 radical (unpaired) electrons. The third kappa shape index (κ3) is 0.800. The van der Waals surface area contributed by atoms with Gasteiger partial charge in [-0.3, -0.25) is 4.79 Å². The van der Waals surface area contributed by atoms with Gasteiger partial charge in [-0.2, -0.15) is 0 Å². The summed E-state index contributed by atoms with van der Waals surface area (Å²) in [5.41, 5.74) is 5.33. The first-order valence-electron chi connectivity index (χ1n) is 2.59. The van der Waals surface area contributed by atoms with Gasteiger partial charge in [0.25, 0.3) is 0 Å². The zero-order valence-electron chi connectivity index (χ0n) is 4.18. The second-order valence-electron chi connectivity index (χ2n) is 1.97. The van der Waals surface area contributed by atoms with Crippen LogP contribution in [0.2, 0.25) is 0 Å². The lowest BCUT2D eigenvalue weighted by atomic mass is 10.3. The second-order valence-corrected chi connectivity index (χ2v) is 1.97. The molecule has 2 N–H and O–H groups in total. The molecule has 0 bridgehead atoms. The molecule has 0 heterocycles. The van der Waals surface area contributed by atoms with E-state index in [0.29, 0.717) is 6.42 Å². The Hall–Kier alpha value is -0.370. The van der Waals surface area contributed by atoms with E-state index in [4.69, 9.17) is 5.73 Å². The fourth-order valence-corrected chi connectivity index (χ4v) is 0.843. The highest BCUT2D eigenvalue weighted by molar-refractivity contribution is 5.85. The van der Waals surface area contributed by atoms with Gasteiger partial charge in [-0.15, -0.1) is 0 Å². The van der Waals surface area contributed by atoms with Crippen LogP contribution in [0.4, 0.5) is 0 Å². The highest BCUT2D eigenvalue weighted by Gasteiger charge is 2.18. The van der Waals surface area contributed by atoms with E-state index in [1.165, 1.54) is 0 Å². The van der Waals surface area contributed by atoms with Crippen LogP contribution in [0.25, 0.3) is 0 Å². The molecule has 7 heavy (non-hydrogen) atoms. The molecule has 0 spiro atoms. The first kappa shape index (κ1) is 4.78. The van der Waals surface area contributed by atoms with Crippen LogP contribution in [-0.2, 0) is 4.79 Å². The van der Waals surface area contributed by atoms with E-state index >= 15 is 0 Å². The Morgan fingerprint density at radius 1 is 1.71 bits per heavy atom. The van der Waals surface area contributed by atoms with Crippen molar-refractivity contribution in [2.45, 2.75) is 25.3 Å². The monoisotopic (exact) mass is 99.1 g/mol. The molecule has 1 aliphatic carbocycles. The van der Waals surface area contributed by atoms with Crippen molar-refractivity contribution in [3.63, 3.8) is 0 Å². The molecule has 0 aromatic carbocycles. The van der Waals surface area contributed by atoms with Crippen molar-refractivity contribution in [3.05, 3.63) is 0 Å². The normalized spacial score (nSPS) is 31.6. The third-order valence-electron chi connectivity index (χ3n) is 1.35. The number of Topliss-reactive ketones (excluding diaryl/α,β-unsaturated/α-hetero) is 1. The average Bonchev–Trinajstić information content (AvgIpc) is 1.91. The van der Waals surface area contributed by atoms with E-state index in [-0.39, 0.29) is 11.8 Å². The second kappa shape index (κ2) is 1.62. The maximum Gasteiger partial charge on any atom is 0.149 e. The molecule has 1 rings (SSSR count). The third-order valence-corrected chi connectivity index (χ3v) is 1.35. The number of carbonyl (C=O) groups excluding carboxylic acids is 1. The standard InChI is InChI=1S/C5H9NO/c6-4-2-1-3-5(4)7/h4H,1-3,6H2. The summed E-state index contributed by atoms with van der Waals surface area (Å²) in [5.74, 6) is 0.236. The highest BCUT2D eigenvalue weighted by Crippen LogP contribution is 2.10. The van der Waals surface area contributed by atoms with Crippen LogP contribution >= 0.6 is 0 Å². The fraction of sp³-hybridized carbons (Fsp3) is 0.800. The summed E-state index contributed by atoms with van der Waals surface area (Å²) in [6.07, 6.45) is 2.61. The van der Waals surface area contributed by atoms with Crippen molar-refractivity contribution in [3.8, 4) is 0 Å². The quantitative estimate of drug-likeness (QED) is 0.467. The molecule has 1 saturated carbocycles. The van der Waals surface area contributed by atoms with Gasteiger partial charge in [-0.05, 0) is 12.8 Å². The Balaban J connectivity index is 2.48. The largest absolute Gasteiger partial charge is 0.322 e. The lowest BCUT2D eigenvalue weighted by molar-refractivity contribution is -0.118. The van der Waals surface area contributed by atoms with Crippen LogP contribution in [0.15, 0.2) is 0 Å².